The van der Waals surface area contributed by atoms with E-state index in [1.54, 1.807) is 0 Å². The average Bonchev–Trinajstić information content (AvgIpc) is 3.31. The van der Waals surface area contributed by atoms with Crippen LogP contribution in [0, 0.1) is 0 Å². The van der Waals surface area contributed by atoms with Gasteiger partial charge in [-0.15, -0.1) is 0 Å². The van der Waals surface area contributed by atoms with Crippen LogP contribution in [-0.4, -0.2) is 46.5 Å². The molecule has 5 nitrogen and oxygen atoms in total. The monoisotopic (exact) mass is 359 g/mol. The summed E-state index contributed by atoms with van der Waals surface area (Å²) in [6.07, 6.45) is 13.3. The van der Waals surface area contributed by atoms with Gasteiger partial charge < -0.3 is 9.42 Å². The van der Waals surface area contributed by atoms with E-state index in [2.05, 4.69) is 21.0 Å². The van der Waals surface area contributed by atoms with E-state index in [-0.39, 0.29) is 0 Å². The average molecular weight is 360 g/mol. The van der Waals surface area contributed by atoms with Crippen LogP contribution in [-0.2, 0) is 11.3 Å². The summed E-state index contributed by atoms with van der Waals surface area (Å²) in [7, 11) is 0. The first-order valence-corrected chi connectivity index (χ1v) is 10.8. The van der Waals surface area contributed by atoms with Crippen LogP contribution in [0.4, 0.5) is 0 Å². The van der Waals surface area contributed by atoms with E-state index in [9.17, 15) is 4.79 Å². The third-order valence-electron chi connectivity index (χ3n) is 6.61. The number of rotatable bonds is 6. The summed E-state index contributed by atoms with van der Waals surface area (Å²) in [6, 6.07) is 2.78. The zero-order chi connectivity index (χ0) is 17.8. The lowest BCUT2D eigenvalue weighted by Gasteiger charge is -2.35. The zero-order valence-electron chi connectivity index (χ0n) is 16.0. The number of piperidine rings is 1. The van der Waals surface area contributed by atoms with Crippen LogP contribution in [0.5, 0.6) is 0 Å². The fourth-order valence-electron chi connectivity index (χ4n) is 5.03. The molecule has 2 aliphatic heterocycles. The molecule has 3 heterocycles. The quantitative estimate of drug-likeness (QED) is 0.768. The number of nitrogens with zero attached hydrogens (tertiary/aromatic N) is 3. The molecule has 0 unspecified atom stereocenters. The predicted octanol–water partition coefficient (Wildman–Crippen LogP) is 4.09. The van der Waals surface area contributed by atoms with E-state index >= 15 is 0 Å². The second-order valence-electron chi connectivity index (χ2n) is 8.45. The maximum Gasteiger partial charge on any atom is 0.222 e. The van der Waals surface area contributed by atoms with Crippen molar-refractivity contribution in [1.82, 2.24) is 15.0 Å². The van der Waals surface area contributed by atoms with Crippen molar-refractivity contribution in [3.63, 3.8) is 0 Å². The number of likely N-dealkylation sites (tertiary alicyclic amines) is 2. The van der Waals surface area contributed by atoms with E-state index in [1.807, 2.05) is 0 Å². The normalized spacial score (nSPS) is 25.9. The minimum Gasteiger partial charge on any atom is -0.360 e. The number of hydrogen-bond donors (Lipinski definition) is 0. The van der Waals surface area contributed by atoms with Crippen LogP contribution in [0.3, 0.4) is 0 Å². The van der Waals surface area contributed by atoms with Crippen LogP contribution in [0.1, 0.15) is 88.0 Å². The third kappa shape index (κ3) is 4.30. The van der Waals surface area contributed by atoms with Crippen molar-refractivity contribution < 1.29 is 9.32 Å². The minimum absolute atomic E-state index is 0.347. The Kier molecular flexibility index (Phi) is 5.93. The van der Waals surface area contributed by atoms with Crippen molar-refractivity contribution in [2.24, 2.45) is 0 Å². The van der Waals surface area contributed by atoms with Gasteiger partial charge in [0.05, 0.1) is 12.2 Å². The Bertz CT molecular complexity index is 594. The van der Waals surface area contributed by atoms with Gasteiger partial charge in [-0.05, 0) is 45.1 Å². The maximum atomic E-state index is 11.9. The molecule has 1 atom stereocenters. The lowest BCUT2D eigenvalue weighted by Crippen LogP contribution is -2.41. The SMILES string of the molecule is O=C1CCCN1CC[C@@H]1CCCCN1Cc1cc(C2CCCCC2)no1. The van der Waals surface area contributed by atoms with Gasteiger partial charge in [0, 0.05) is 37.5 Å². The van der Waals surface area contributed by atoms with Crippen molar-refractivity contribution >= 4 is 5.91 Å². The van der Waals surface area contributed by atoms with Gasteiger partial charge in [-0.25, -0.2) is 0 Å². The topological polar surface area (TPSA) is 49.6 Å². The smallest absolute Gasteiger partial charge is 0.222 e. The van der Waals surface area contributed by atoms with Crippen molar-refractivity contribution in [3.8, 4) is 0 Å². The van der Waals surface area contributed by atoms with E-state index in [0.29, 0.717) is 17.9 Å². The fourth-order valence-corrected chi connectivity index (χ4v) is 5.03. The van der Waals surface area contributed by atoms with Gasteiger partial charge in [-0.1, -0.05) is 30.8 Å². The molecule has 0 aromatic carbocycles. The van der Waals surface area contributed by atoms with E-state index in [4.69, 9.17) is 4.52 Å². The van der Waals surface area contributed by atoms with E-state index in [0.717, 1.165) is 51.2 Å². The van der Waals surface area contributed by atoms with Crippen molar-refractivity contribution in [2.75, 3.05) is 19.6 Å². The molecule has 1 aromatic heterocycles. The number of aromatic nitrogens is 1. The van der Waals surface area contributed by atoms with Crippen LogP contribution < -0.4 is 0 Å². The molecule has 3 aliphatic rings. The van der Waals surface area contributed by atoms with Crippen LogP contribution in [0.2, 0.25) is 0 Å². The summed E-state index contributed by atoms with van der Waals surface area (Å²) in [5.74, 6) is 1.98. The van der Waals surface area contributed by atoms with Gasteiger partial charge >= 0.3 is 0 Å². The molecule has 3 fully saturated rings. The number of amides is 1. The van der Waals surface area contributed by atoms with E-state index in [1.165, 1.54) is 57.1 Å². The van der Waals surface area contributed by atoms with Crippen molar-refractivity contribution in [1.29, 1.82) is 0 Å². The first-order chi connectivity index (χ1) is 12.8. The standard InChI is InChI=1S/C21H33N3O2/c25-21-10-6-13-23(21)14-11-18-9-4-5-12-24(18)16-19-15-20(22-26-19)17-7-2-1-3-8-17/h15,17-18H,1-14,16H2/t18-/m0/s1. The highest BCUT2D eigenvalue weighted by Crippen LogP contribution is 2.32. The molecular weight excluding hydrogens is 326 g/mol. The van der Waals surface area contributed by atoms with Gasteiger partial charge in [0.15, 0.2) is 5.76 Å². The minimum atomic E-state index is 0.347. The molecular formula is C21H33N3O2. The van der Waals surface area contributed by atoms with Crippen LogP contribution in [0.15, 0.2) is 10.6 Å². The summed E-state index contributed by atoms with van der Waals surface area (Å²) in [6.45, 7) is 3.89. The highest BCUT2D eigenvalue weighted by molar-refractivity contribution is 5.77. The Balaban J connectivity index is 1.33. The Morgan fingerprint density at radius 2 is 1.88 bits per heavy atom. The Hall–Kier alpha value is -1.36. The summed E-state index contributed by atoms with van der Waals surface area (Å²) >= 11 is 0. The first-order valence-electron chi connectivity index (χ1n) is 10.8. The van der Waals surface area contributed by atoms with Gasteiger partial charge in [0.2, 0.25) is 5.91 Å². The number of carbonyl (C=O) groups is 1. The Morgan fingerprint density at radius 1 is 1.04 bits per heavy atom. The summed E-state index contributed by atoms with van der Waals surface area (Å²) in [5, 5.41) is 4.39. The Morgan fingerprint density at radius 3 is 2.69 bits per heavy atom. The lowest BCUT2D eigenvalue weighted by atomic mass is 9.87. The van der Waals surface area contributed by atoms with Gasteiger partial charge in [0.1, 0.15) is 0 Å². The highest BCUT2D eigenvalue weighted by Gasteiger charge is 2.27. The largest absolute Gasteiger partial charge is 0.360 e. The molecule has 144 valence electrons. The van der Waals surface area contributed by atoms with Crippen molar-refractivity contribution in [3.05, 3.63) is 17.5 Å². The zero-order valence-corrected chi connectivity index (χ0v) is 16.0. The van der Waals surface area contributed by atoms with Crippen LogP contribution >= 0.6 is 0 Å². The molecule has 5 heteroatoms. The maximum absolute atomic E-state index is 11.9. The third-order valence-corrected chi connectivity index (χ3v) is 6.61. The molecule has 0 N–H and O–H groups in total. The second kappa shape index (κ2) is 8.55. The second-order valence-corrected chi connectivity index (χ2v) is 8.45. The lowest BCUT2D eigenvalue weighted by molar-refractivity contribution is -0.127. The molecule has 2 saturated heterocycles. The van der Waals surface area contributed by atoms with Gasteiger partial charge in [0.25, 0.3) is 0 Å². The molecule has 1 aromatic rings. The highest BCUT2D eigenvalue weighted by atomic mass is 16.5. The molecule has 1 amide bonds. The Labute approximate surface area is 157 Å². The van der Waals surface area contributed by atoms with Crippen LogP contribution in [0.25, 0.3) is 0 Å². The molecule has 4 rings (SSSR count). The summed E-state index contributed by atoms with van der Waals surface area (Å²) in [5.41, 5.74) is 1.18. The molecule has 1 saturated carbocycles. The molecule has 26 heavy (non-hydrogen) atoms. The summed E-state index contributed by atoms with van der Waals surface area (Å²) < 4.78 is 5.71. The molecule has 0 bridgehead atoms. The summed E-state index contributed by atoms with van der Waals surface area (Å²) in [4.78, 5) is 16.5. The fraction of sp³-hybridized carbons (Fsp3) is 0.810. The predicted molar refractivity (Wildman–Crippen MR) is 101 cm³/mol. The van der Waals surface area contributed by atoms with Gasteiger partial charge in [-0.2, -0.15) is 0 Å². The van der Waals surface area contributed by atoms with Gasteiger partial charge in [-0.3, -0.25) is 9.69 Å². The number of carbonyl (C=O) groups excluding carboxylic acids is 1. The van der Waals surface area contributed by atoms with Crippen molar-refractivity contribution in [2.45, 2.75) is 89.1 Å². The molecule has 0 radical (unpaired) electrons. The molecule has 0 spiro atoms. The number of hydrogen-bond acceptors (Lipinski definition) is 4. The molecule has 1 aliphatic carbocycles. The first kappa shape index (κ1) is 18.0. The van der Waals surface area contributed by atoms with E-state index < -0.39 is 0 Å².